The van der Waals surface area contributed by atoms with Crippen molar-refractivity contribution >= 4 is 24.8 Å². The van der Waals surface area contributed by atoms with Gasteiger partial charge in [-0.25, -0.2) is 4.79 Å². The highest BCUT2D eigenvalue weighted by atomic mass is 28.4. The van der Waals surface area contributed by atoms with Crippen LogP contribution in [0.25, 0.3) is 0 Å². The monoisotopic (exact) mass is 399 g/mol. The highest BCUT2D eigenvalue weighted by Gasteiger charge is 2.51. The van der Waals surface area contributed by atoms with Gasteiger partial charge in [-0.15, -0.1) is 0 Å². The fourth-order valence-electron chi connectivity index (χ4n) is 4.27. The predicted molar refractivity (Wildman–Crippen MR) is 113 cm³/mol. The van der Waals surface area contributed by atoms with Crippen molar-refractivity contribution in [1.82, 2.24) is 4.90 Å². The summed E-state index contributed by atoms with van der Waals surface area (Å²) < 4.78 is 6.80. The molecule has 28 heavy (non-hydrogen) atoms. The van der Waals surface area contributed by atoms with Crippen LogP contribution in [0.3, 0.4) is 0 Å². The normalized spacial score (nSPS) is 20.4. The second-order valence-corrected chi connectivity index (χ2v) is 12.8. The topological polar surface area (TPSA) is 70.0 Å². The van der Waals surface area contributed by atoms with Crippen LogP contribution in [0.5, 0.6) is 0 Å². The Bertz CT molecular complexity index is 752. The lowest BCUT2D eigenvalue weighted by Crippen LogP contribution is -2.67. The molecule has 1 heterocycles. The molecule has 150 valence electrons. The molecular formula is C22H29NO4Si. The maximum Gasteiger partial charge on any atom is 0.407 e. The van der Waals surface area contributed by atoms with Gasteiger partial charge in [0.1, 0.15) is 0 Å². The standard InChI is InChI=1S/C22H29NO4Si/c1-22(2,3)28(19-10-6-4-7-11-19,20-12-8-5-9-13-20)27-16-17-14-18(24)15-23(17)21(25)26/h4-13,17-18,24H,14-16H2,1-3H3,(H,25,26)/t17-,18?/m0/s1. The largest absolute Gasteiger partial charge is 0.465 e. The number of likely N-dealkylation sites (tertiary alicyclic amines) is 1. The summed E-state index contributed by atoms with van der Waals surface area (Å²) >= 11 is 0. The van der Waals surface area contributed by atoms with E-state index in [-0.39, 0.29) is 24.2 Å². The lowest BCUT2D eigenvalue weighted by Gasteiger charge is -2.43. The molecule has 1 aliphatic rings. The number of hydrogen-bond acceptors (Lipinski definition) is 3. The van der Waals surface area contributed by atoms with Gasteiger partial charge in [0.05, 0.1) is 25.3 Å². The van der Waals surface area contributed by atoms with Gasteiger partial charge in [-0.3, -0.25) is 0 Å². The molecular weight excluding hydrogens is 370 g/mol. The van der Waals surface area contributed by atoms with Crippen LogP contribution in [-0.2, 0) is 4.43 Å². The first-order valence-electron chi connectivity index (χ1n) is 9.68. The van der Waals surface area contributed by atoms with E-state index in [2.05, 4.69) is 45.0 Å². The molecule has 1 saturated heterocycles. The van der Waals surface area contributed by atoms with E-state index in [9.17, 15) is 15.0 Å². The van der Waals surface area contributed by atoms with Crippen molar-refractivity contribution in [2.45, 2.75) is 44.4 Å². The molecule has 0 aromatic heterocycles. The molecule has 1 aliphatic heterocycles. The number of benzene rings is 2. The smallest absolute Gasteiger partial charge is 0.407 e. The maximum atomic E-state index is 11.6. The Morgan fingerprint density at radius 1 is 1.07 bits per heavy atom. The molecule has 1 amide bonds. The first-order valence-corrected chi connectivity index (χ1v) is 11.6. The van der Waals surface area contributed by atoms with Crippen LogP contribution in [0.15, 0.2) is 60.7 Å². The van der Waals surface area contributed by atoms with Crippen molar-refractivity contribution in [2.75, 3.05) is 13.2 Å². The summed E-state index contributed by atoms with van der Waals surface area (Å²) in [5.41, 5.74) is 0. The zero-order valence-corrected chi connectivity index (χ0v) is 17.7. The van der Waals surface area contributed by atoms with Gasteiger partial charge in [0.15, 0.2) is 0 Å². The van der Waals surface area contributed by atoms with E-state index in [4.69, 9.17) is 4.43 Å². The molecule has 0 aliphatic carbocycles. The number of carboxylic acid groups (broad SMARTS) is 1. The number of β-amino-alcohol motifs (C(OH)–C–C–N with tert-alkyl or cyclic N) is 1. The Balaban J connectivity index is 2.03. The maximum absolute atomic E-state index is 11.6. The van der Waals surface area contributed by atoms with Crippen LogP contribution in [0.2, 0.25) is 5.04 Å². The number of rotatable bonds is 5. The van der Waals surface area contributed by atoms with Crippen molar-refractivity contribution in [1.29, 1.82) is 0 Å². The summed E-state index contributed by atoms with van der Waals surface area (Å²) in [6.07, 6.45) is -1.23. The minimum absolute atomic E-state index is 0.143. The fourth-order valence-corrected chi connectivity index (χ4v) is 8.86. The van der Waals surface area contributed by atoms with Gasteiger partial charge in [0, 0.05) is 0 Å². The average molecular weight is 400 g/mol. The number of carbonyl (C=O) groups is 1. The average Bonchev–Trinajstić information content (AvgIpc) is 3.04. The van der Waals surface area contributed by atoms with Gasteiger partial charge in [0.25, 0.3) is 8.32 Å². The Labute approximate surface area is 167 Å². The van der Waals surface area contributed by atoms with Crippen LogP contribution in [0.4, 0.5) is 4.79 Å². The first-order chi connectivity index (χ1) is 13.3. The molecule has 0 spiro atoms. The molecule has 2 N–H and O–H groups in total. The van der Waals surface area contributed by atoms with Crippen LogP contribution in [-0.4, -0.2) is 54.8 Å². The molecule has 5 nitrogen and oxygen atoms in total. The fraction of sp³-hybridized carbons (Fsp3) is 0.409. The van der Waals surface area contributed by atoms with Gasteiger partial charge in [-0.05, 0) is 21.8 Å². The minimum Gasteiger partial charge on any atom is -0.465 e. The van der Waals surface area contributed by atoms with E-state index >= 15 is 0 Å². The lowest BCUT2D eigenvalue weighted by atomic mass is 10.2. The Morgan fingerprint density at radius 3 is 2.00 bits per heavy atom. The van der Waals surface area contributed by atoms with E-state index in [0.717, 1.165) is 10.4 Å². The van der Waals surface area contributed by atoms with Crippen LogP contribution >= 0.6 is 0 Å². The van der Waals surface area contributed by atoms with Crippen LogP contribution in [0, 0.1) is 0 Å². The van der Waals surface area contributed by atoms with Gasteiger partial charge >= 0.3 is 6.09 Å². The minimum atomic E-state index is -2.70. The SMILES string of the molecule is CC(C)(C)[Si](OC[C@@H]1CC(O)CN1C(=O)O)(c1ccccc1)c1ccccc1. The molecule has 0 saturated carbocycles. The van der Waals surface area contributed by atoms with Crippen molar-refractivity contribution < 1.29 is 19.4 Å². The zero-order chi connectivity index (χ0) is 20.4. The van der Waals surface area contributed by atoms with E-state index in [0.29, 0.717) is 6.42 Å². The van der Waals surface area contributed by atoms with Crippen molar-refractivity contribution in [3.8, 4) is 0 Å². The lowest BCUT2D eigenvalue weighted by molar-refractivity contribution is 0.118. The number of nitrogens with zero attached hydrogens (tertiary/aromatic N) is 1. The molecule has 0 radical (unpaired) electrons. The highest BCUT2D eigenvalue weighted by molar-refractivity contribution is 6.99. The summed E-state index contributed by atoms with van der Waals surface area (Å²) in [5.74, 6) is 0. The quantitative estimate of drug-likeness (QED) is 0.759. The molecule has 1 fully saturated rings. The molecule has 2 aromatic rings. The third kappa shape index (κ3) is 3.85. The van der Waals surface area contributed by atoms with Crippen LogP contribution < -0.4 is 10.4 Å². The Kier molecular flexibility index (Phi) is 5.93. The van der Waals surface area contributed by atoms with Crippen molar-refractivity contribution in [2.24, 2.45) is 0 Å². The molecule has 1 unspecified atom stereocenters. The highest BCUT2D eigenvalue weighted by Crippen LogP contribution is 2.37. The predicted octanol–water partition coefficient (Wildman–Crippen LogP) is 2.68. The Morgan fingerprint density at radius 2 is 1.57 bits per heavy atom. The van der Waals surface area contributed by atoms with E-state index in [1.807, 2.05) is 36.4 Å². The molecule has 3 rings (SSSR count). The van der Waals surface area contributed by atoms with Gasteiger partial charge in [-0.2, -0.15) is 0 Å². The third-order valence-corrected chi connectivity index (χ3v) is 10.6. The van der Waals surface area contributed by atoms with E-state index < -0.39 is 20.5 Å². The third-order valence-electron chi connectivity index (χ3n) is 5.55. The Hall–Kier alpha value is -2.15. The second-order valence-electron chi connectivity index (χ2n) is 8.45. The number of amides is 1. The number of aliphatic hydroxyl groups is 1. The van der Waals surface area contributed by atoms with Gasteiger partial charge in [0.2, 0.25) is 0 Å². The summed E-state index contributed by atoms with van der Waals surface area (Å²) in [5, 5.41) is 21.6. The van der Waals surface area contributed by atoms with Crippen LogP contribution in [0.1, 0.15) is 27.2 Å². The summed E-state index contributed by atoms with van der Waals surface area (Å²) in [6.45, 7) is 6.99. The number of aliphatic hydroxyl groups excluding tert-OH is 1. The van der Waals surface area contributed by atoms with E-state index in [1.54, 1.807) is 0 Å². The summed E-state index contributed by atoms with van der Waals surface area (Å²) in [7, 11) is -2.70. The second kappa shape index (κ2) is 8.07. The van der Waals surface area contributed by atoms with Crippen molar-refractivity contribution in [3.63, 3.8) is 0 Å². The molecule has 2 atom stereocenters. The summed E-state index contributed by atoms with van der Waals surface area (Å²) in [4.78, 5) is 12.9. The first kappa shape index (κ1) is 20.6. The summed E-state index contributed by atoms with van der Waals surface area (Å²) in [6, 6.07) is 20.2. The molecule has 0 bridgehead atoms. The zero-order valence-electron chi connectivity index (χ0n) is 16.7. The van der Waals surface area contributed by atoms with Gasteiger partial charge in [-0.1, -0.05) is 81.4 Å². The molecule has 2 aromatic carbocycles. The van der Waals surface area contributed by atoms with Gasteiger partial charge < -0.3 is 19.5 Å². The van der Waals surface area contributed by atoms with E-state index in [1.165, 1.54) is 4.90 Å². The number of hydrogen-bond donors (Lipinski definition) is 2. The molecule has 6 heteroatoms. The van der Waals surface area contributed by atoms with Crippen molar-refractivity contribution in [3.05, 3.63) is 60.7 Å².